The average Bonchev–Trinajstić information content (AvgIpc) is 3.17. The Morgan fingerprint density at radius 2 is 1.79 bits per heavy atom. The van der Waals surface area contributed by atoms with E-state index in [0.29, 0.717) is 29.3 Å². The van der Waals surface area contributed by atoms with Gasteiger partial charge in [0.25, 0.3) is 5.91 Å². The van der Waals surface area contributed by atoms with Gasteiger partial charge in [0.1, 0.15) is 6.61 Å². The highest BCUT2D eigenvalue weighted by atomic mass is 16.5. The van der Waals surface area contributed by atoms with Crippen LogP contribution in [0.3, 0.4) is 0 Å². The van der Waals surface area contributed by atoms with Crippen molar-refractivity contribution in [1.29, 1.82) is 0 Å². The van der Waals surface area contributed by atoms with E-state index >= 15 is 0 Å². The van der Waals surface area contributed by atoms with Crippen molar-refractivity contribution < 1.29 is 9.53 Å². The number of hydrogen-bond donors (Lipinski definition) is 1. The van der Waals surface area contributed by atoms with Crippen LogP contribution in [-0.4, -0.2) is 44.4 Å². The highest BCUT2D eigenvalue weighted by Crippen LogP contribution is 2.18. The second-order valence-electron chi connectivity index (χ2n) is 7.35. The number of hydrogen-bond acceptors (Lipinski definition) is 7. The zero-order chi connectivity index (χ0) is 24.0. The van der Waals surface area contributed by atoms with E-state index in [0.717, 1.165) is 16.7 Å². The topological polar surface area (TPSA) is 116 Å². The molecule has 0 unspecified atom stereocenters. The number of ether oxygens (including phenoxy) is 1. The molecule has 1 aromatic heterocycles. The van der Waals surface area contributed by atoms with Crippen molar-refractivity contribution in [3.05, 3.63) is 75.2 Å². The third kappa shape index (κ3) is 5.40. The molecule has 172 valence electrons. The third-order valence-electron chi connectivity index (χ3n) is 5.12. The highest BCUT2D eigenvalue weighted by molar-refractivity contribution is 6.00. The molecule has 10 heteroatoms. The van der Waals surface area contributed by atoms with Crippen molar-refractivity contribution in [2.24, 2.45) is 17.3 Å². The SMILES string of the molecule is CC/C(=N\N=C(/C)c1ccc(C(=O)NC)cc1)OCc1c(C)cccc1-n1nnn(C)c1=O. The monoisotopic (exact) mass is 449 g/mol. The van der Waals surface area contributed by atoms with Gasteiger partial charge in [0.15, 0.2) is 0 Å². The first-order valence-corrected chi connectivity index (χ1v) is 10.5. The Bertz CT molecular complexity index is 1250. The summed E-state index contributed by atoms with van der Waals surface area (Å²) >= 11 is 0. The standard InChI is InChI=1S/C23H27N7O3/c1-6-21(26-25-16(3)17-10-12-18(13-11-17)22(31)24-4)33-14-19-15(2)8-7-9-20(19)30-23(32)29(5)27-28-30/h7-13H,6,14H2,1-5H3,(H,24,31)/b25-16+,26-21+. The van der Waals surface area contributed by atoms with Crippen LogP contribution in [0.15, 0.2) is 57.5 Å². The van der Waals surface area contributed by atoms with Gasteiger partial charge in [0.05, 0.1) is 11.4 Å². The predicted octanol–water partition coefficient (Wildman–Crippen LogP) is 2.38. The summed E-state index contributed by atoms with van der Waals surface area (Å²) in [4.78, 5) is 24.0. The summed E-state index contributed by atoms with van der Waals surface area (Å²) < 4.78 is 8.36. The van der Waals surface area contributed by atoms with Crippen LogP contribution < -0.4 is 11.0 Å². The number of rotatable bonds is 7. The number of carbonyl (C=O) groups excluding carboxylic acids is 1. The maximum atomic E-state index is 12.3. The Morgan fingerprint density at radius 1 is 1.09 bits per heavy atom. The van der Waals surface area contributed by atoms with Gasteiger partial charge < -0.3 is 10.1 Å². The number of carbonyl (C=O) groups is 1. The molecule has 0 spiro atoms. The molecule has 0 bridgehead atoms. The maximum Gasteiger partial charge on any atom is 0.368 e. The number of nitrogens with one attached hydrogen (secondary N) is 1. The van der Waals surface area contributed by atoms with Gasteiger partial charge in [-0.3, -0.25) is 4.79 Å². The number of aromatic nitrogens is 4. The molecule has 0 atom stereocenters. The molecule has 0 saturated carbocycles. The highest BCUT2D eigenvalue weighted by Gasteiger charge is 2.14. The summed E-state index contributed by atoms with van der Waals surface area (Å²) in [6, 6.07) is 12.7. The van der Waals surface area contributed by atoms with Crippen LogP contribution in [0.1, 0.15) is 47.3 Å². The first-order chi connectivity index (χ1) is 15.8. The fraction of sp³-hybridized carbons (Fsp3) is 0.304. The molecule has 3 rings (SSSR count). The maximum absolute atomic E-state index is 12.3. The lowest BCUT2D eigenvalue weighted by Crippen LogP contribution is -2.23. The van der Waals surface area contributed by atoms with E-state index in [9.17, 15) is 9.59 Å². The summed E-state index contributed by atoms with van der Waals surface area (Å²) in [5.74, 6) is 0.312. The molecule has 0 radical (unpaired) electrons. The summed E-state index contributed by atoms with van der Waals surface area (Å²) in [5, 5.41) is 18.9. The zero-order valence-electron chi connectivity index (χ0n) is 19.4. The van der Waals surface area contributed by atoms with Gasteiger partial charge in [-0.2, -0.15) is 14.5 Å². The molecular formula is C23H27N7O3. The summed E-state index contributed by atoms with van der Waals surface area (Å²) in [6.07, 6.45) is 0.540. The minimum atomic E-state index is -0.339. The van der Waals surface area contributed by atoms with Crippen LogP contribution in [0.4, 0.5) is 0 Å². The van der Waals surface area contributed by atoms with Crippen LogP contribution in [0.25, 0.3) is 5.69 Å². The molecule has 0 aliphatic heterocycles. The van der Waals surface area contributed by atoms with Crippen molar-refractivity contribution in [1.82, 2.24) is 25.1 Å². The smallest absolute Gasteiger partial charge is 0.368 e. The molecule has 1 amide bonds. The third-order valence-corrected chi connectivity index (χ3v) is 5.12. The Balaban J connectivity index is 1.79. The quantitative estimate of drug-likeness (QED) is 0.338. The average molecular weight is 450 g/mol. The Morgan fingerprint density at radius 3 is 2.39 bits per heavy atom. The van der Waals surface area contributed by atoms with E-state index in [1.54, 1.807) is 32.3 Å². The molecular weight excluding hydrogens is 422 g/mol. The number of aryl methyl sites for hydroxylation is 2. The van der Waals surface area contributed by atoms with E-state index in [1.807, 2.05) is 45.0 Å². The second kappa shape index (κ2) is 10.5. The molecule has 2 aromatic carbocycles. The van der Waals surface area contributed by atoms with Crippen molar-refractivity contribution in [2.75, 3.05) is 7.05 Å². The summed E-state index contributed by atoms with van der Waals surface area (Å²) in [7, 11) is 3.14. The Kier molecular flexibility index (Phi) is 7.50. The molecule has 0 saturated heterocycles. The van der Waals surface area contributed by atoms with Crippen molar-refractivity contribution >= 4 is 17.5 Å². The molecule has 0 fully saturated rings. The van der Waals surface area contributed by atoms with Gasteiger partial charge in [0.2, 0.25) is 5.90 Å². The Hall–Kier alpha value is -4.08. The van der Waals surface area contributed by atoms with E-state index in [1.165, 1.54) is 9.36 Å². The van der Waals surface area contributed by atoms with Crippen molar-refractivity contribution in [3.8, 4) is 5.69 Å². The summed E-state index contributed by atoms with van der Waals surface area (Å²) in [6.45, 7) is 5.91. The first-order valence-electron chi connectivity index (χ1n) is 10.5. The fourth-order valence-electron chi connectivity index (χ4n) is 3.09. The number of tetrazole rings is 1. The van der Waals surface area contributed by atoms with Crippen LogP contribution >= 0.6 is 0 Å². The molecule has 33 heavy (non-hydrogen) atoms. The minimum Gasteiger partial charge on any atom is -0.475 e. The molecule has 1 heterocycles. The Labute approximate surface area is 191 Å². The summed E-state index contributed by atoms with van der Waals surface area (Å²) in [5.41, 5.74) is 4.16. The molecule has 1 N–H and O–H groups in total. The lowest BCUT2D eigenvalue weighted by atomic mass is 10.1. The lowest BCUT2D eigenvalue weighted by Gasteiger charge is -2.13. The van der Waals surface area contributed by atoms with Crippen LogP contribution in [-0.2, 0) is 18.4 Å². The molecule has 10 nitrogen and oxygen atoms in total. The van der Waals surface area contributed by atoms with E-state index in [2.05, 4.69) is 25.9 Å². The zero-order valence-corrected chi connectivity index (χ0v) is 19.4. The van der Waals surface area contributed by atoms with E-state index in [4.69, 9.17) is 4.74 Å². The van der Waals surface area contributed by atoms with Gasteiger partial charge in [0, 0.05) is 31.6 Å². The fourth-order valence-corrected chi connectivity index (χ4v) is 3.09. The first kappa shape index (κ1) is 23.6. The normalized spacial score (nSPS) is 12.0. The molecule has 0 aliphatic rings. The molecule has 3 aromatic rings. The van der Waals surface area contributed by atoms with Crippen molar-refractivity contribution in [2.45, 2.75) is 33.8 Å². The number of amides is 1. The van der Waals surface area contributed by atoms with Crippen LogP contribution in [0.5, 0.6) is 0 Å². The van der Waals surface area contributed by atoms with Gasteiger partial charge >= 0.3 is 5.69 Å². The largest absolute Gasteiger partial charge is 0.475 e. The van der Waals surface area contributed by atoms with Crippen molar-refractivity contribution in [3.63, 3.8) is 0 Å². The van der Waals surface area contributed by atoms with Gasteiger partial charge in [-0.1, -0.05) is 31.2 Å². The van der Waals surface area contributed by atoms with Gasteiger partial charge in [-0.25, -0.2) is 4.79 Å². The second-order valence-corrected chi connectivity index (χ2v) is 7.35. The predicted molar refractivity (Wildman–Crippen MR) is 126 cm³/mol. The van der Waals surface area contributed by atoms with Gasteiger partial charge in [-0.15, -0.1) is 5.10 Å². The number of benzene rings is 2. The van der Waals surface area contributed by atoms with E-state index < -0.39 is 0 Å². The minimum absolute atomic E-state index is 0.143. The van der Waals surface area contributed by atoms with Crippen LogP contribution in [0.2, 0.25) is 0 Å². The number of nitrogens with zero attached hydrogens (tertiary/aromatic N) is 6. The van der Waals surface area contributed by atoms with Crippen LogP contribution in [0, 0.1) is 6.92 Å². The molecule has 0 aliphatic carbocycles. The van der Waals surface area contributed by atoms with E-state index in [-0.39, 0.29) is 18.2 Å². The lowest BCUT2D eigenvalue weighted by molar-refractivity contribution is 0.0963. The van der Waals surface area contributed by atoms with Gasteiger partial charge in [-0.05, 0) is 53.6 Å².